The van der Waals surface area contributed by atoms with Gasteiger partial charge in [-0.15, -0.1) is 5.10 Å². The van der Waals surface area contributed by atoms with Crippen LogP contribution in [-0.4, -0.2) is 109 Å². The van der Waals surface area contributed by atoms with Crippen LogP contribution in [0.5, 0.6) is 0 Å². The summed E-state index contributed by atoms with van der Waals surface area (Å²) in [5.41, 5.74) is 3.29. The van der Waals surface area contributed by atoms with Crippen molar-refractivity contribution in [3.05, 3.63) is 53.1 Å². The average molecular weight is 561 g/mol. The molecule has 208 valence electrons. The zero-order valence-electron chi connectivity index (χ0n) is 22.4. The maximum absolute atomic E-state index is 13.2. The number of likely N-dealkylation sites (N-methyl/N-ethyl adjacent to an activating group) is 1. The minimum atomic E-state index is 0.0735. The summed E-state index contributed by atoms with van der Waals surface area (Å²) >= 11 is 1.56. The molecule has 2 atom stereocenters. The van der Waals surface area contributed by atoms with Gasteiger partial charge in [0, 0.05) is 69.1 Å². The molecule has 2 amide bonds. The first-order valence-corrected chi connectivity index (χ1v) is 14.7. The Labute approximate surface area is 235 Å². The van der Waals surface area contributed by atoms with E-state index in [0.29, 0.717) is 5.95 Å². The van der Waals surface area contributed by atoms with Crippen LogP contribution in [0.2, 0.25) is 0 Å². The number of aromatic nitrogens is 5. The van der Waals surface area contributed by atoms with E-state index in [1.54, 1.807) is 26.7 Å². The molecule has 4 aromatic heterocycles. The zero-order chi connectivity index (χ0) is 27.2. The van der Waals surface area contributed by atoms with Crippen molar-refractivity contribution in [2.45, 2.75) is 31.5 Å². The number of carbonyl (C=O) groups excluding carboxylic acids is 2. The van der Waals surface area contributed by atoms with Crippen molar-refractivity contribution in [2.75, 3.05) is 56.5 Å². The standard InChI is InChI=1S/C27H32N10O2S/c1-32-8-10-33(11-9-32)24(38)17-35-14-20(13-28-35)29-27-30-25-23(3-2-7-36(25)31-27)34-15-21-4-5-22(16-34)37(21)26(39)19-6-12-40-18-19/h2-3,6-7,12-14,18,21-22H,4-5,8-11,15-17H2,1H3,(H,29,31). The fraction of sp³-hybridized carbons (Fsp3) is 0.444. The second kappa shape index (κ2) is 10.2. The Morgan fingerprint density at radius 3 is 2.65 bits per heavy atom. The quantitative estimate of drug-likeness (QED) is 0.382. The third kappa shape index (κ3) is 4.68. The summed E-state index contributed by atoms with van der Waals surface area (Å²) in [6.45, 7) is 5.03. The van der Waals surface area contributed by atoms with Gasteiger partial charge in [-0.25, -0.2) is 4.52 Å². The number of anilines is 3. The highest BCUT2D eigenvalue weighted by Crippen LogP contribution is 2.35. The first kappa shape index (κ1) is 25.0. The summed E-state index contributed by atoms with van der Waals surface area (Å²) in [5.74, 6) is 0.683. The minimum Gasteiger partial charge on any atom is -0.364 e. The Morgan fingerprint density at radius 1 is 1.10 bits per heavy atom. The summed E-state index contributed by atoms with van der Waals surface area (Å²) in [5, 5.41) is 16.1. The van der Waals surface area contributed by atoms with Crippen molar-refractivity contribution in [2.24, 2.45) is 0 Å². The lowest BCUT2D eigenvalue weighted by molar-refractivity contribution is -0.133. The molecule has 0 aliphatic carbocycles. The molecule has 0 spiro atoms. The first-order valence-electron chi connectivity index (χ1n) is 13.7. The molecular formula is C27H32N10O2S. The van der Waals surface area contributed by atoms with Crippen LogP contribution < -0.4 is 10.2 Å². The van der Waals surface area contributed by atoms with Crippen LogP contribution in [0.1, 0.15) is 23.2 Å². The molecule has 2 unspecified atom stereocenters. The Morgan fingerprint density at radius 2 is 1.90 bits per heavy atom. The number of nitrogens with zero attached hydrogens (tertiary/aromatic N) is 9. The lowest BCUT2D eigenvalue weighted by atomic mass is 10.1. The van der Waals surface area contributed by atoms with Gasteiger partial charge in [0.2, 0.25) is 11.9 Å². The molecule has 3 aliphatic heterocycles. The van der Waals surface area contributed by atoms with Gasteiger partial charge in [0.15, 0.2) is 5.65 Å². The monoisotopic (exact) mass is 560 g/mol. The third-order valence-electron chi connectivity index (χ3n) is 8.21. The van der Waals surface area contributed by atoms with Gasteiger partial charge >= 0.3 is 0 Å². The lowest BCUT2D eigenvalue weighted by Gasteiger charge is -2.42. The van der Waals surface area contributed by atoms with E-state index in [-0.39, 0.29) is 30.4 Å². The molecule has 1 N–H and O–H groups in total. The Hall–Kier alpha value is -3.97. The number of fused-ring (bicyclic) bond motifs is 3. The number of nitrogens with one attached hydrogen (secondary N) is 1. The SMILES string of the molecule is CN1CCN(C(=O)Cn2cc(Nc3nc4c(N5CC6CCC(C5)N6C(=O)c5ccsc5)cccn4n3)cn2)CC1. The largest absolute Gasteiger partial charge is 0.364 e. The topological polar surface area (TPSA) is 107 Å². The van der Waals surface area contributed by atoms with Gasteiger partial charge in [0.05, 0.1) is 23.1 Å². The van der Waals surface area contributed by atoms with Crippen molar-refractivity contribution in [3.63, 3.8) is 0 Å². The van der Waals surface area contributed by atoms with Crippen molar-refractivity contribution >= 4 is 46.1 Å². The molecule has 12 nitrogen and oxygen atoms in total. The van der Waals surface area contributed by atoms with Crippen LogP contribution in [0.3, 0.4) is 0 Å². The second-order valence-electron chi connectivity index (χ2n) is 10.8. The van der Waals surface area contributed by atoms with Gasteiger partial charge in [-0.05, 0) is 43.5 Å². The van der Waals surface area contributed by atoms with Crippen LogP contribution in [0.15, 0.2) is 47.5 Å². The van der Waals surface area contributed by atoms with E-state index in [1.165, 1.54) is 0 Å². The number of pyridine rings is 1. The first-order chi connectivity index (χ1) is 19.5. The second-order valence-corrected chi connectivity index (χ2v) is 11.6. The number of rotatable bonds is 6. The summed E-state index contributed by atoms with van der Waals surface area (Å²) in [6.07, 6.45) is 7.41. The molecule has 7 heterocycles. The van der Waals surface area contributed by atoms with E-state index in [9.17, 15) is 9.59 Å². The molecule has 0 saturated carbocycles. The van der Waals surface area contributed by atoms with Gasteiger partial charge in [0.25, 0.3) is 5.91 Å². The number of carbonyl (C=O) groups is 2. The van der Waals surface area contributed by atoms with Gasteiger partial charge in [-0.2, -0.15) is 21.4 Å². The predicted molar refractivity (Wildman–Crippen MR) is 152 cm³/mol. The van der Waals surface area contributed by atoms with Crippen LogP contribution in [0, 0.1) is 0 Å². The van der Waals surface area contributed by atoms with Crippen LogP contribution in [0.4, 0.5) is 17.3 Å². The predicted octanol–water partition coefficient (Wildman–Crippen LogP) is 2.00. The van der Waals surface area contributed by atoms with E-state index in [2.05, 4.69) is 43.3 Å². The molecule has 3 fully saturated rings. The van der Waals surface area contributed by atoms with Gasteiger partial charge in [0.1, 0.15) is 6.54 Å². The number of hydrogen-bond donors (Lipinski definition) is 1. The number of piperazine rings is 2. The molecular weight excluding hydrogens is 528 g/mol. The summed E-state index contributed by atoms with van der Waals surface area (Å²) in [4.78, 5) is 39.2. The van der Waals surface area contributed by atoms with Crippen molar-refractivity contribution in [1.82, 2.24) is 39.1 Å². The Kier molecular flexibility index (Phi) is 6.39. The van der Waals surface area contributed by atoms with E-state index in [4.69, 9.17) is 4.98 Å². The summed E-state index contributed by atoms with van der Waals surface area (Å²) in [7, 11) is 2.07. The molecule has 0 aromatic carbocycles. The highest BCUT2D eigenvalue weighted by molar-refractivity contribution is 7.08. The van der Waals surface area contributed by atoms with E-state index in [0.717, 1.165) is 74.7 Å². The van der Waals surface area contributed by atoms with Crippen LogP contribution in [-0.2, 0) is 11.3 Å². The maximum atomic E-state index is 13.2. The highest BCUT2D eigenvalue weighted by atomic mass is 32.1. The molecule has 13 heteroatoms. The van der Waals surface area contributed by atoms with Crippen molar-refractivity contribution < 1.29 is 9.59 Å². The van der Waals surface area contributed by atoms with E-state index < -0.39 is 0 Å². The third-order valence-corrected chi connectivity index (χ3v) is 8.89. The molecule has 7 rings (SSSR count). The molecule has 40 heavy (non-hydrogen) atoms. The normalized spacial score (nSPS) is 21.4. The van der Waals surface area contributed by atoms with Crippen molar-refractivity contribution in [1.29, 1.82) is 0 Å². The van der Waals surface area contributed by atoms with Gasteiger partial charge in [-0.1, -0.05) is 0 Å². The van der Waals surface area contributed by atoms with Gasteiger partial charge < -0.3 is 24.9 Å². The Balaban J connectivity index is 1.04. The van der Waals surface area contributed by atoms with Crippen LogP contribution in [0.25, 0.3) is 5.65 Å². The smallest absolute Gasteiger partial charge is 0.255 e. The fourth-order valence-corrected chi connectivity index (χ4v) is 6.73. The highest BCUT2D eigenvalue weighted by Gasteiger charge is 2.43. The molecule has 4 aromatic rings. The Bertz CT molecular complexity index is 1510. The van der Waals surface area contributed by atoms with E-state index in [1.807, 2.05) is 40.2 Å². The fourth-order valence-electron chi connectivity index (χ4n) is 6.10. The van der Waals surface area contributed by atoms with Crippen molar-refractivity contribution in [3.8, 4) is 0 Å². The lowest BCUT2D eigenvalue weighted by Crippen LogP contribution is -2.56. The maximum Gasteiger partial charge on any atom is 0.255 e. The zero-order valence-corrected chi connectivity index (χ0v) is 23.2. The minimum absolute atomic E-state index is 0.0735. The molecule has 0 radical (unpaired) electrons. The van der Waals surface area contributed by atoms with Crippen LogP contribution >= 0.6 is 11.3 Å². The van der Waals surface area contributed by atoms with Gasteiger partial charge in [-0.3, -0.25) is 14.3 Å². The molecule has 2 bridgehead atoms. The number of thiophene rings is 1. The number of amides is 2. The summed E-state index contributed by atoms with van der Waals surface area (Å²) in [6, 6.07) is 6.34. The average Bonchev–Trinajstić information content (AvgIpc) is 3.76. The number of hydrogen-bond acceptors (Lipinski definition) is 9. The van der Waals surface area contributed by atoms with E-state index >= 15 is 0 Å². The summed E-state index contributed by atoms with van der Waals surface area (Å²) < 4.78 is 3.43. The molecule has 3 saturated heterocycles. The molecule has 3 aliphatic rings.